The van der Waals surface area contributed by atoms with Gasteiger partial charge in [-0.15, -0.1) is 0 Å². The van der Waals surface area contributed by atoms with Crippen LogP contribution in [0.2, 0.25) is 0 Å². The van der Waals surface area contributed by atoms with Crippen molar-refractivity contribution >= 4 is 0 Å². The zero-order valence-electron chi connectivity index (χ0n) is 12.1. The summed E-state index contributed by atoms with van der Waals surface area (Å²) in [4.78, 5) is 0. The maximum atomic E-state index is 2.20. The summed E-state index contributed by atoms with van der Waals surface area (Å²) in [7, 11) is 0. The van der Waals surface area contributed by atoms with Gasteiger partial charge in [0.2, 0.25) is 0 Å². The van der Waals surface area contributed by atoms with Crippen LogP contribution in [0.5, 0.6) is 0 Å². The monoisotopic (exact) mass is 302 g/mol. The summed E-state index contributed by atoms with van der Waals surface area (Å²) in [5.41, 5.74) is 4.00. The third kappa shape index (κ3) is 4.46. The smallest absolute Gasteiger partial charge is 1.00 e. The van der Waals surface area contributed by atoms with Crippen molar-refractivity contribution in [1.82, 2.24) is 0 Å². The predicted molar refractivity (Wildman–Crippen MR) is 80.3 cm³/mol. The first-order valence-corrected chi connectivity index (χ1v) is 6.60. The maximum Gasteiger partial charge on any atom is 1.00 e. The van der Waals surface area contributed by atoms with Gasteiger partial charge in [-0.25, -0.2) is 0 Å². The van der Waals surface area contributed by atoms with E-state index in [1.165, 1.54) is 16.7 Å². The Morgan fingerprint density at radius 2 is 0.667 bits per heavy atom. The molecule has 0 aliphatic carbocycles. The molecule has 0 fully saturated rings. The van der Waals surface area contributed by atoms with Gasteiger partial charge in [0.05, 0.1) is 0 Å². The Kier molecular flexibility index (Phi) is 7.77. The SMILES string of the molecule is [Cl-].[Na+].c1ccc(C(c2ccccc2)c2ccccc2)cc1. The first-order chi connectivity index (χ1) is 9.45. The van der Waals surface area contributed by atoms with Crippen molar-refractivity contribution in [2.75, 3.05) is 0 Å². The van der Waals surface area contributed by atoms with Crippen LogP contribution >= 0.6 is 0 Å². The van der Waals surface area contributed by atoms with E-state index in [2.05, 4.69) is 91.0 Å². The van der Waals surface area contributed by atoms with Gasteiger partial charge in [-0.2, -0.15) is 0 Å². The molecule has 0 saturated carbocycles. The quantitative estimate of drug-likeness (QED) is 0.425. The molecule has 0 spiro atoms. The molecule has 0 amide bonds. The largest absolute Gasteiger partial charge is 1.00 e. The minimum Gasteiger partial charge on any atom is -1.00 e. The van der Waals surface area contributed by atoms with Crippen LogP contribution in [0, 0.1) is 0 Å². The molecule has 0 bridgehead atoms. The van der Waals surface area contributed by atoms with Gasteiger partial charge in [0, 0.05) is 5.92 Å². The van der Waals surface area contributed by atoms with Crippen LogP contribution < -0.4 is 42.0 Å². The molecule has 0 N–H and O–H groups in total. The van der Waals surface area contributed by atoms with Crippen molar-refractivity contribution in [3.63, 3.8) is 0 Å². The van der Waals surface area contributed by atoms with Gasteiger partial charge in [-0.3, -0.25) is 0 Å². The molecule has 2 heteroatoms. The fraction of sp³-hybridized carbons (Fsp3) is 0.0526. The molecule has 0 radical (unpaired) electrons. The van der Waals surface area contributed by atoms with Crippen molar-refractivity contribution < 1.29 is 42.0 Å². The molecule has 0 atom stereocenters. The number of benzene rings is 3. The summed E-state index contributed by atoms with van der Waals surface area (Å²) in [6.45, 7) is 0. The average Bonchev–Trinajstić information content (AvgIpc) is 2.51. The molecule has 3 rings (SSSR count). The third-order valence-corrected chi connectivity index (χ3v) is 3.40. The van der Waals surface area contributed by atoms with Gasteiger partial charge in [-0.1, -0.05) is 91.0 Å². The molecule has 0 aromatic heterocycles. The van der Waals surface area contributed by atoms with E-state index in [9.17, 15) is 0 Å². The fourth-order valence-electron chi connectivity index (χ4n) is 2.51. The van der Waals surface area contributed by atoms with Crippen molar-refractivity contribution in [2.45, 2.75) is 5.92 Å². The van der Waals surface area contributed by atoms with Gasteiger partial charge in [0.15, 0.2) is 0 Å². The van der Waals surface area contributed by atoms with Gasteiger partial charge in [-0.05, 0) is 16.7 Å². The number of hydrogen-bond donors (Lipinski definition) is 0. The first-order valence-electron chi connectivity index (χ1n) is 6.60. The average molecular weight is 303 g/mol. The molecular formula is C19H16ClNa. The van der Waals surface area contributed by atoms with E-state index in [1.54, 1.807) is 0 Å². The summed E-state index contributed by atoms with van der Waals surface area (Å²) in [6.07, 6.45) is 0. The topological polar surface area (TPSA) is 0 Å². The van der Waals surface area contributed by atoms with Crippen LogP contribution in [-0.2, 0) is 0 Å². The molecular weight excluding hydrogens is 287 g/mol. The Bertz CT molecular complexity index is 530. The van der Waals surface area contributed by atoms with Crippen molar-refractivity contribution in [3.8, 4) is 0 Å². The van der Waals surface area contributed by atoms with E-state index in [4.69, 9.17) is 0 Å². The number of rotatable bonds is 3. The third-order valence-electron chi connectivity index (χ3n) is 3.40. The summed E-state index contributed by atoms with van der Waals surface area (Å²) in [6, 6.07) is 32.0. The standard InChI is InChI=1S/C19H16.ClH.Na/c1-4-10-16(11-5-1)19(17-12-6-2-7-13-17)18-14-8-3-9-15-18;;/h1-15,19H;1H;/q;;+1/p-1. The van der Waals surface area contributed by atoms with Crippen molar-refractivity contribution in [3.05, 3.63) is 108 Å². The van der Waals surface area contributed by atoms with Gasteiger partial charge in [0.25, 0.3) is 0 Å². The van der Waals surface area contributed by atoms with Crippen molar-refractivity contribution in [2.24, 2.45) is 0 Å². The minimum atomic E-state index is 0. The Balaban J connectivity index is 0.00000110. The molecule has 0 saturated heterocycles. The van der Waals surface area contributed by atoms with Crippen LogP contribution in [-0.4, -0.2) is 0 Å². The van der Waals surface area contributed by atoms with Crippen LogP contribution in [0.15, 0.2) is 91.0 Å². The Labute approximate surface area is 154 Å². The molecule has 0 nitrogen and oxygen atoms in total. The summed E-state index contributed by atoms with van der Waals surface area (Å²) < 4.78 is 0. The molecule has 100 valence electrons. The summed E-state index contributed by atoms with van der Waals surface area (Å²) in [5, 5.41) is 0. The van der Waals surface area contributed by atoms with Gasteiger partial charge >= 0.3 is 29.6 Å². The second kappa shape index (κ2) is 9.07. The van der Waals surface area contributed by atoms with E-state index >= 15 is 0 Å². The zero-order valence-corrected chi connectivity index (χ0v) is 14.9. The molecule has 0 aliphatic heterocycles. The van der Waals surface area contributed by atoms with Gasteiger partial charge in [0.1, 0.15) is 0 Å². The molecule has 0 heterocycles. The van der Waals surface area contributed by atoms with Crippen LogP contribution in [0.3, 0.4) is 0 Å². The predicted octanol–water partition coefficient (Wildman–Crippen LogP) is -1.13. The number of halogens is 1. The summed E-state index contributed by atoms with van der Waals surface area (Å²) in [5.74, 6) is 0.309. The van der Waals surface area contributed by atoms with Crippen LogP contribution in [0.25, 0.3) is 0 Å². The zero-order chi connectivity index (χ0) is 12.9. The molecule has 0 unspecified atom stereocenters. The normalized spacial score (nSPS) is 9.57. The number of hydrogen-bond acceptors (Lipinski definition) is 0. The molecule has 3 aromatic rings. The molecule has 21 heavy (non-hydrogen) atoms. The minimum absolute atomic E-state index is 0. The second-order valence-corrected chi connectivity index (χ2v) is 4.67. The molecule has 0 aliphatic rings. The van der Waals surface area contributed by atoms with E-state index < -0.39 is 0 Å². The summed E-state index contributed by atoms with van der Waals surface area (Å²) >= 11 is 0. The van der Waals surface area contributed by atoms with Crippen LogP contribution in [0.1, 0.15) is 22.6 Å². The van der Waals surface area contributed by atoms with Crippen LogP contribution in [0.4, 0.5) is 0 Å². The van der Waals surface area contributed by atoms with E-state index in [-0.39, 0.29) is 42.0 Å². The van der Waals surface area contributed by atoms with Gasteiger partial charge < -0.3 is 12.4 Å². The Hall–Kier alpha value is -1.05. The maximum absolute atomic E-state index is 2.20. The van der Waals surface area contributed by atoms with Crippen molar-refractivity contribution in [1.29, 1.82) is 0 Å². The first kappa shape index (κ1) is 18.0. The second-order valence-electron chi connectivity index (χ2n) is 4.67. The fourth-order valence-corrected chi connectivity index (χ4v) is 2.51. The van der Waals surface area contributed by atoms with E-state index in [0.29, 0.717) is 5.92 Å². The van der Waals surface area contributed by atoms with E-state index in [1.807, 2.05) is 0 Å². The van der Waals surface area contributed by atoms with E-state index in [0.717, 1.165) is 0 Å². The molecule has 3 aromatic carbocycles. The Morgan fingerprint density at radius 3 is 0.905 bits per heavy atom. The Morgan fingerprint density at radius 1 is 0.429 bits per heavy atom.